The van der Waals surface area contributed by atoms with Gasteiger partial charge < -0.3 is 5.73 Å². The van der Waals surface area contributed by atoms with Gasteiger partial charge in [0, 0.05) is 15.8 Å². The fourth-order valence-corrected chi connectivity index (χ4v) is 3.72. The number of nitrogen functional groups attached to an aromatic ring is 1. The third kappa shape index (κ3) is 2.50. The Morgan fingerprint density at radius 1 is 1.11 bits per heavy atom. The van der Waals surface area contributed by atoms with Crippen molar-refractivity contribution in [1.82, 2.24) is 0 Å². The Hall–Kier alpha value is -1.12. The predicted molar refractivity (Wildman–Crippen MR) is 79.3 cm³/mol. The zero-order chi connectivity index (χ0) is 12.5. The van der Waals surface area contributed by atoms with Gasteiger partial charge in [-0.25, -0.2) is 0 Å². The number of rotatable bonds is 3. The topological polar surface area (TPSA) is 26.0 Å². The first kappa shape index (κ1) is 11.9. The van der Waals surface area contributed by atoms with Gasteiger partial charge in [0.05, 0.1) is 5.02 Å². The lowest BCUT2D eigenvalue weighted by Gasteiger charge is -2.05. The van der Waals surface area contributed by atoms with E-state index in [9.17, 15) is 0 Å². The van der Waals surface area contributed by atoms with E-state index in [2.05, 4.69) is 30.3 Å². The SMILES string of the molecule is Nc1ccc(SC2CC2c2ccccc2)c(Cl)c1. The van der Waals surface area contributed by atoms with Crippen LogP contribution in [0, 0.1) is 0 Å². The molecule has 92 valence electrons. The maximum absolute atomic E-state index is 6.19. The highest BCUT2D eigenvalue weighted by molar-refractivity contribution is 8.00. The molecule has 0 amide bonds. The third-order valence-electron chi connectivity index (χ3n) is 3.19. The smallest absolute Gasteiger partial charge is 0.0562 e. The summed E-state index contributed by atoms with van der Waals surface area (Å²) in [5.74, 6) is 0.671. The van der Waals surface area contributed by atoms with Crippen LogP contribution in [0.25, 0.3) is 0 Å². The molecule has 18 heavy (non-hydrogen) atoms. The van der Waals surface area contributed by atoms with Crippen LogP contribution in [0.5, 0.6) is 0 Å². The second-order valence-electron chi connectivity index (χ2n) is 4.60. The summed E-state index contributed by atoms with van der Waals surface area (Å²) in [4.78, 5) is 1.13. The van der Waals surface area contributed by atoms with Gasteiger partial charge in [0.25, 0.3) is 0 Å². The van der Waals surface area contributed by atoms with Gasteiger partial charge in [0.1, 0.15) is 0 Å². The van der Waals surface area contributed by atoms with E-state index in [1.165, 1.54) is 12.0 Å². The second kappa shape index (κ2) is 4.87. The first-order valence-electron chi connectivity index (χ1n) is 6.00. The van der Waals surface area contributed by atoms with Crippen molar-refractivity contribution in [2.75, 3.05) is 5.73 Å². The fourth-order valence-electron chi connectivity index (χ4n) is 2.13. The zero-order valence-electron chi connectivity index (χ0n) is 9.84. The molecule has 1 saturated carbocycles. The normalized spacial score (nSPS) is 21.8. The Labute approximate surface area is 116 Å². The molecular weight excluding hydrogens is 262 g/mol. The van der Waals surface area contributed by atoms with Gasteiger partial charge in [0.15, 0.2) is 0 Å². The summed E-state index contributed by atoms with van der Waals surface area (Å²) in [6, 6.07) is 16.4. The summed E-state index contributed by atoms with van der Waals surface area (Å²) in [6.07, 6.45) is 1.23. The van der Waals surface area contributed by atoms with Crippen LogP contribution in [-0.4, -0.2) is 5.25 Å². The molecule has 2 unspecified atom stereocenters. The predicted octanol–water partition coefficient (Wildman–Crippen LogP) is 4.57. The summed E-state index contributed by atoms with van der Waals surface area (Å²) < 4.78 is 0. The van der Waals surface area contributed by atoms with Crippen molar-refractivity contribution in [3.63, 3.8) is 0 Å². The lowest BCUT2D eigenvalue weighted by Crippen LogP contribution is -1.87. The van der Waals surface area contributed by atoms with Crippen LogP contribution in [0.4, 0.5) is 5.69 Å². The molecule has 0 aliphatic heterocycles. The van der Waals surface area contributed by atoms with Crippen LogP contribution >= 0.6 is 23.4 Å². The van der Waals surface area contributed by atoms with E-state index in [1.54, 1.807) is 0 Å². The van der Waals surface area contributed by atoms with Gasteiger partial charge in [-0.3, -0.25) is 0 Å². The largest absolute Gasteiger partial charge is 0.399 e. The molecule has 1 fully saturated rings. The van der Waals surface area contributed by atoms with Crippen molar-refractivity contribution in [2.24, 2.45) is 0 Å². The summed E-state index contributed by atoms with van der Waals surface area (Å²) >= 11 is 8.05. The molecule has 0 bridgehead atoms. The molecule has 2 aromatic carbocycles. The molecule has 1 aliphatic carbocycles. The Bertz CT molecular complexity index is 556. The molecule has 2 N–H and O–H groups in total. The molecule has 0 heterocycles. The minimum absolute atomic E-state index is 0.647. The molecule has 2 atom stereocenters. The van der Waals surface area contributed by atoms with Gasteiger partial charge in [0.2, 0.25) is 0 Å². The van der Waals surface area contributed by atoms with Crippen LogP contribution in [0.2, 0.25) is 5.02 Å². The summed E-state index contributed by atoms with van der Waals surface area (Å²) in [5.41, 5.74) is 7.85. The van der Waals surface area contributed by atoms with Crippen LogP contribution in [0.3, 0.4) is 0 Å². The van der Waals surface area contributed by atoms with Crippen molar-refractivity contribution in [3.8, 4) is 0 Å². The van der Waals surface area contributed by atoms with Crippen LogP contribution in [-0.2, 0) is 0 Å². The summed E-state index contributed by atoms with van der Waals surface area (Å²) in [6.45, 7) is 0. The number of nitrogens with two attached hydrogens (primary N) is 1. The molecule has 1 nitrogen and oxygen atoms in total. The molecule has 0 saturated heterocycles. The first-order valence-corrected chi connectivity index (χ1v) is 7.26. The quantitative estimate of drug-likeness (QED) is 0.831. The Kier molecular flexibility index (Phi) is 3.23. The van der Waals surface area contributed by atoms with E-state index < -0.39 is 0 Å². The molecule has 0 spiro atoms. The van der Waals surface area contributed by atoms with Crippen LogP contribution in [0.1, 0.15) is 17.9 Å². The Balaban J connectivity index is 1.69. The van der Waals surface area contributed by atoms with E-state index in [-0.39, 0.29) is 0 Å². The maximum Gasteiger partial charge on any atom is 0.0562 e. The van der Waals surface area contributed by atoms with Gasteiger partial charge in [-0.15, -0.1) is 11.8 Å². The lowest BCUT2D eigenvalue weighted by atomic mass is 10.1. The van der Waals surface area contributed by atoms with Gasteiger partial charge in [-0.05, 0) is 36.1 Å². The standard InChI is InChI=1S/C15H14ClNS/c16-13-8-11(17)6-7-14(13)18-15-9-12(15)10-4-2-1-3-5-10/h1-8,12,15H,9,17H2. The number of halogens is 1. The Morgan fingerprint density at radius 2 is 1.89 bits per heavy atom. The highest BCUT2D eigenvalue weighted by Gasteiger charge is 2.39. The number of hydrogen-bond donors (Lipinski definition) is 1. The molecule has 1 aliphatic rings. The molecular formula is C15H14ClNS. The van der Waals surface area contributed by atoms with Gasteiger partial charge in [-0.1, -0.05) is 41.9 Å². The number of hydrogen-bond acceptors (Lipinski definition) is 2. The highest BCUT2D eigenvalue weighted by Crippen LogP contribution is 2.52. The molecule has 2 aromatic rings. The maximum atomic E-state index is 6.19. The van der Waals surface area contributed by atoms with Gasteiger partial charge in [-0.2, -0.15) is 0 Å². The van der Waals surface area contributed by atoms with E-state index in [0.717, 1.165) is 15.6 Å². The molecule has 3 heteroatoms. The van der Waals surface area contributed by atoms with Crippen LogP contribution in [0.15, 0.2) is 53.4 Å². The molecule has 3 rings (SSSR count). The Morgan fingerprint density at radius 3 is 2.61 bits per heavy atom. The zero-order valence-corrected chi connectivity index (χ0v) is 11.4. The molecule has 0 radical (unpaired) electrons. The average molecular weight is 276 g/mol. The van der Waals surface area contributed by atoms with Crippen molar-refractivity contribution in [2.45, 2.75) is 22.5 Å². The van der Waals surface area contributed by atoms with Crippen LogP contribution < -0.4 is 5.73 Å². The minimum Gasteiger partial charge on any atom is -0.399 e. The third-order valence-corrected chi connectivity index (χ3v) is 5.05. The molecule has 0 aromatic heterocycles. The highest BCUT2D eigenvalue weighted by atomic mass is 35.5. The number of anilines is 1. The minimum atomic E-state index is 0.647. The average Bonchev–Trinajstić information content (AvgIpc) is 3.13. The van der Waals surface area contributed by atoms with Crippen molar-refractivity contribution >= 4 is 29.1 Å². The number of thioether (sulfide) groups is 1. The van der Waals surface area contributed by atoms with E-state index in [0.29, 0.717) is 11.2 Å². The number of benzene rings is 2. The van der Waals surface area contributed by atoms with E-state index in [4.69, 9.17) is 17.3 Å². The second-order valence-corrected chi connectivity index (χ2v) is 6.29. The first-order chi connectivity index (χ1) is 8.74. The summed E-state index contributed by atoms with van der Waals surface area (Å²) in [5, 5.41) is 1.41. The van der Waals surface area contributed by atoms with E-state index in [1.807, 2.05) is 30.0 Å². The fraction of sp³-hybridized carbons (Fsp3) is 0.200. The van der Waals surface area contributed by atoms with Crippen molar-refractivity contribution in [3.05, 3.63) is 59.1 Å². The van der Waals surface area contributed by atoms with E-state index >= 15 is 0 Å². The van der Waals surface area contributed by atoms with Crippen molar-refractivity contribution < 1.29 is 0 Å². The monoisotopic (exact) mass is 275 g/mol. The van der Waals surface area contributed by atoms with Gasteiger partial charge >= 0.3 is 0 Å². The summed E-state index contributed by atoms with van der Waals surface area (Å²) in [7, 11) is 0. The van der Waals surface area contributed by atoms with Crippen molar-refractivity contribution in [1.29, 1.82) is 0 Å². The lowest BCUT2D eigenvalue weighted by molar-refractivity contribution is 1.13.